The molecule has 1 unspecified atom stereocenters. The normalized spacial score (nSPS) is 13.5. The van der Waals surface area contributed by atoms with Crippen LogP contribution in [-0.2, 0) is 11.0 Å². The molecule has 1 aromatic rings. The van der Waals surface area contributed by atoms with Crippen LogP contribution in [0.2, 0.25) is 0 Å². The van der Waals surface area contributed by atoms with Gasteiger partial charge in [0, 0.05) is 0 Å². The first-order valence-corrected chi connectivity index (χ1v) is 5.26. The number of halogens is 4. The fraction of sp³-hybridized carbons (Fsp3) is 0.300. The van der Waals surface area contributed by atoms with Crippen LogP contribution in [0.3, 0.4) is 0 Å². The van der Waals surface area contributed by atoms with E-state index in [2.05, 4.69) is 15.9 Å². The van der Waals surface area contributed by atoms with E-state index in [0.717, 1.165) is 6.07 Å². The molecule has 94 valence electrons. The Labute approximate surface area is 103 Å². The summed E-state index contributed by atoms with van der Waals surface area (Å²) in [4.78, 5) is 10.7. The predicted octanol–water partition coefficient (Wildman–Crippen LogP) is 3.36. The highest BCUT2D eigenvalue weighted by molar-refractivity contribution is 9.10. The van der Waals surface area contributed by atoms with Crippen molar-refractivity contribution in [3.8, 4) is 5.75 Å². The van der Waals surface area contributed by atoms with Crippen LogP contribution < -0.4 is 0 Å². The number of alkyl halides is 3. The lowest BCUT2D eigenvalue weighted by molar-refractivity contribution is -0.140. The number of carbonyl (C=O) groups is 1. The van der Waals surface area contributed by atoms with Crippen LogP contribution in [0.1, 0.15) is 24.0 Å². The standard InChI is InChI=1S/C10H8BrF3O3/c1-4(9(16)17)5-2-6(10(12,13)14)8(15)7(11)3-5/h2-4,15H,1H3,(H,16,17). The largest absolute Gasteiger partial charge is 0.506 e. The van der Waals surface area contributed by atoms with Gasteiger partial charge in [0.05, 0.1) is 16.0 Å². The highest BCUT2D eigenvalue weighted by atomic mass is 79.9. The van der Waals surface area contributed by atoms with E-state index in [1.165, 1.54) is 6.92 Å². The van der Waals surface area contributed by atoms with Gasteiger partial charge in [0.15, 0.2) is 0 Å². The zero-order valence-corrected chi connectivity index (χ0v) is 10.1. The molecule has 1 aromatic carbocycles. The van der Waals surface area contributed by atoms with E-state index >= 15 is 0 Å². The van der Waals surface area contributed by atoms with E-state index in [1.807, 2.05) is 0 Å². The minimum Gasteiger partial charge on any atom is -0.506 e. The lowest BCUT2D eigenvalue weighted by atomic mass is 9.98. The third-order valence-corrected chi connectivity index (χ3v) is 2.87. The van der Waals surface area contributed by atoms with E-state index in [4.69, 9.17) is 5.11 Å². The van der Waals surface area contributed by atoms with Crippen molar-refractivity contribution in [3.63, 3.8) is 0 Å². The van der Waals surface area contributed by atoms with Gasteiger partial charge >= 0.3 is 12.1 Å². The number of rotatable bonds is 2. The fourth-order valence-electron chi connectivity index (χ4n) is 1.23. The van der Waals surface area contributed by atoms with Gasteiger partial charge in [-0.1, -0.05) is 0 Å². The Kier molecular flexibility index (Phi) is 3.71. The van der Waals surface area contributed by atoms with Gasteiger partial charge in [-0.2, -0.15) is 13.2 Å². The summed E-state index contributed by atoms with van der Waals surface area (Å²) in [5.41, 5.74) is -1.29. The first-order chi connectivity index (χ1) is 7.64. The van der Waals surface area contributed by atoms with Crippen molar-refractivity contribution in [1.82, 2.24) is 0 Å². The number of phenolic OH excluding ortho intramolecular Hbond substituents is 1. The average Bonchev–Trinajstić information content (AvgIpc) is 2.18. The molecule has 0 bridgehead atoms. The Morgan fingerprint density at radius 1 is 1.41 bits per heavy atom. The highest BCUT2D eigenvalue weighted by Crippen LogP contribution is 2.41. The Bertz CT molecular complexity index is 457. The molecule has 0 aromatic heterocycles. The summed E-state index contributed by atoms with van der Waals surface area (Å²) in [6.07, 6.45) is -4.74. The Hall–Kier alpha value is -1.24. The third kappa shape index (κ3) is 2.91. The first kappa shape index (κ1) is 13.8. The molecule has 0 aliphatic heterocycles. The van der Waals surface area contributed by atoms with Gasteiger partial charge in [0.2, 0.25) is 0 Å². The predicted molar refractivity (Wildman–Crippen MR) is 56.9 cm³/mol. The van der Waals surface area contributed by atoms with Crippen LogP contribution in [0.4, 0.5) is 13.2 Å². The molecule has 7 heteroatoms. The highest BCUT2D eigenvalue weighted by Gasteiger charge is 2.35. The summed E-state index contributed by atoms with van der Waals surface area (Å²) in [5, 5.41) is 18.0. The fourth-order valence-corrected chi connectivity index (χ4v) is 1.71. The van der Waals surface area contributed by atoms with Gasteiger partial charge in [0.1, 0.15) is 5.75 Å². The van der Waals surface area contributed by atoms with Crippen molar-refractivity contribution < 1.29 is 28.2 Å². The summed E-state index contributed by atoms with van der Waals surface area (Å²) in [7, 11) is 0. The van der Waals surface area contributed by atoms with Crippen LogP contribution in [0, 0.1) is 0 Å². The number of hydrogen-bond acceptors (Lipinski definition) is 2. The number of aliphatic carboxylic acids is 1. The molecule has 1 atom stereocenters. The van der Waals surface area contributed by atoms with Crippen LogP contribution in [0.5, 0.6) is 5.75 Å². The first-order valence-electron chi connectivity index (χ1n) is 4.47. The summed E-state index contributed by atoms with van der Waals surface area (Å²) in [6, 6.07) is 1.79. The smallest absolute Gasteiger partial charge is 0.420 e. The van der Waals surface area contributed by atoms with Gasteiger partial charge in [-0.05, 0) is 40.5 Å². The second kappa shape index (κ2) is 4.56. The summed E-state index contributed by atoms with van der Waals surface area (Å²) in [5.74, 6) is -3.28. The molecule has 1 rings (SSSR count). The monoisotopic (exact) mass is 312 g/mol. The van der Waals surface area contributed by atoms with E-state index in [0.29, 0.717) is 6.07 Å². The number of carboxylic acids is 1. The maximum Gasteiger partial charge on any atom is 0.420 e. The van der Waals surface area contributed by atoms with E-state index < -0.39 is 29.4 Å². The van der Waals surface area contributed by atoms with Gasteiger partial charge < -0.3 is 10.2 Å². The van der Waals surface area contributed by atoms with Crippen molar-refractivity contribution in [1.29, 1.82) is 0 Å². The molecule has 0 fully saturated rings. The number of benzene rings is 1. The average molecular weight is 313 g/mol. The Morgan fingerprint density at radius 2 is 1.94 bits per heavy atom. The van der Waals surface area contributed by atoms with Gasteiger partial charge in [-0.3, -0.25) is 4.79 Å². The van der Waals surface area contributed by atoms with Gasteiger partial charge in [-0.15, -0.1) is 0 Å². The van der Waals surface area contributed by atoms with Gasteiger partial charge in [-0.25, -0.2) is 0 Å². The topological polar surface area (TPSA) is 57.5 Å². The summed E-state index contributed by atoms with van der Waals surface area (Å²) < 4.78 is 37.5. The molecule has 0 heterocycles. The lowest BCUT2D eigenvalue weighted by Gasteiger charge is -2.14. The maximum atomic E-state index is 12.5. The van der Waals surface area contributed by atoms with Crippen LogP contribution >= 0.6 is 15.9 Å². The SMILES string of the molecule is CC(C(=O)O)c1cc(Br)c(O)c(C(F)(F)F)c1. The number of phenols is 1. The molecule has 3 nitrogen and oxygen atoms in total. The Morgan fingerprint density at radius 3 is 2.35 bits per heavy atom. The molecule has 0 spiro atoms. The zero-order chi connectivity index (χ0) is 13.4. The van der Waals surface area contributed by atoms with Crippen molar-refractivity contribution in [2.45, 2.75) is 19.0 Å². The Balaban J connectivity index is 3.39. The number of hydrogen-bond donors (Lipinski definition) is 2. The van der Waals surface area contributed by atoms with Crippen LogP contribution in [0.15, 0.2) is 16.6 Å². The van der Waals surface area contributed by atoms with Crippen molar-refractivity contribution in [2.75, 3.05) is 0 Å². The van der Waals surface area contributed by atoms with E-state index in [1.54, 1.807) is 0 Å². The minimum atomic E-state index is -4.74. The molecule has 0 amide bonds. The van der Waals surface area contributed by atoms with Crippen LogP contribution in [-0.4, -0.2) is 16.2 Å². The van der Waals surface area contributed by atoms with Crippen LogP contribution in [0.25, 0.3) is 0 Å². The quantitative estimate of drug-likeness (QED) is 0.880. The molecular formula is C10H8BrF3O3. The van der Waals surface area contributed by atoms with Crippen molar-refractivity contribution >= 4 is 21.9 Å². The maximum absolute atomic E-state index is 12.5. The van der Waals surface area contributed by atoms with Crippen molar-refractivity contribution in [3.05, 3.63) is 27.7 Å². The van der Waals surface area contributed by atoms with Crippen molar-refractivity contribution in [2.24, 2.45) is 0 Å². The molecule has 0 saturated heterocycles. The third-order valence-electron chi connectivity index (χ3n) is 2.26. The molecule has 2 N–H and O–H groups in total. The number of aromatic hydroxyl groups is 1. The molecular weight excluding hydrogens is 305 g/mol. The lowest BCUT2D eigenvalue weighted by Crippen LogP contribution is -2.11. The molecule has 17 heavy (non-hydrogen) atoms. The molecule has 0 aliphatic rings. The minimum absolute atomic E-state index is 0.0329. The van der Waals surface area contributed by atoms with E-state index in [9.17, 15) is 23.1 Å². The van der Waals surface area contributed by atoms with Gasteiger partial charge in [0.25, 0.3) is 0 Å². The second-order valence-electron chi connectivity index (χ2n) is 3.46. The zero-order valence-electron chi connectivity index (χ0n) is 8.55. The molecule has 0 saturated carbocycles. The van der Waals surface area contributed by atoms with E-state index in [-0.39, 0.29) is 10.0 Å². The summed E-state index contributed by atoms with van der Waals surface area (Å²) in [6.45, 7) is 1.27. The molecule has 0 aliphatic carbocycles. The second-order valence-corrected chi connectivity index (χ2v) is 4.31. The summed E-state index contributed by atoms with van der Waals surface area (Å²) >= 11 is 2.76. The number of carboxylic acid groups (broad SMARTS) is 1. The molecule has 0 radical (unpaired) electrons.